The van der Waals surface area contributed by atoms with Crippen LogP contribution in [0.25, 0.3) is 0 Å². The molecule has 0 saturated heterocycles. The van der Waals surface area contributed by atoms with Crippen molar-refractivity contribution >= 4 is 17.8 Å². The van der Waals surface area contributed by atoms with Crippen molar-refractivity contribution in [1.82, 2.24) is 15.5 Å². The molecular weight excluding hydrogens is 530 g/mol. The summed E-state index contributed by atoms with van der Waals surface area (Å²) >= 11 is 0. The second-order valence-corrected chi connectivity index (χ2v) is 12.9. The lowest BCUT2D eigenvalue weighted by atomic mass is 9.76. The standard InChI is InChI=1S/C34H49N3O5/c1-22(2)27(20-23(3)32(40)41)37(10)31(39)29(33(4,5)6)36-30(38)28(35-9)34(7,8)25-16-18-26(19-17-25)42-21-24-14-12-11-13-15-24/h11-20,22,27-29,35H,21H2,1-10H3,(H,36,38)(H,40,41)/t27-,28-,29?/m1/s1. The van der Waals surface area contributed by atoms with Gasteiger partial charge in [0.25, 0.3) is 0 Å². The molecule has 0 spiro atoms. The average molecular weight is 580 g/mol. The maximum Gasteiger partial charge on any atom is 0.331 e. The number of hydrogen-bond acceptors (Lipinski definition) is 5. The highest BCUT2D eigenvalue weighted by Crippen LogP contribution is 2.30. The van der Waals surface area contributed by atoms with E-state index in [1.54, 1.807) is 25.1 Å². The Labute approximate surface area is 251 Å². The molecule has 2 rings (SSSR count). The minimum Gasteiger partial charge on any atom is -0.489 e. The Hall–Kier alpha value is -3.65. The van der Waals surface area contributed by atoms with Crippen molar-refractivity contribution in [2.75, 3.05) is 14.1 Å². The molecule has 0 aromatic heterocycles. The number of carbonyl (C=O) groups excluding carboxylic acids is 2. The van der Waals surface area contributed by atoms with E-state index in [-0.39, 0.29) is 23.3 Å². The zero-order chi connectivity index (χ0) is 31.8. The summed E-state index contributed by atoms with van der Waals surface area (Å²) in [5, 5.41) is 15.6. The minimum atomic E-state index is -1.03. The fourth-order valence-electron chi connectivity index (χ4n) is 5.01. The van der Waals surface area contributed by atoms with Crippen LogP contribution < -0.4 is 15.4 Å². The van der Waals surface area contributed by atoms with Crippen LogP contribution in [0.2, 0.25) is 0 Å². The number of amides is 2. The number of ether oxygens (including phenoxy) is 1. The molecule has 1 unspecified atom stereocenters. The summed E-state index contributed by atoms with van der Waals surface area (Å²) in [5.74, 6) is -0.911. The number of nitrogens with zero attached hydrogens (tertiary/aromatic N) is 1. The summed E-state index contributed by atoms with van der Waals surface area (Å²) in [6.45, 7) is 15.5. The van der Waals surface area contributed by atoms with Crippen LogP contribution in [0, 0.1) is 11.3 Å². The average Bonchev–Trinajstić information content (AvgIpc) is 2.92. The third-order valence-electron chi connectivity index (χ3n) is 7.75. The maximum atomic E-state index is 13.9. The molecule has 230 valence electrons. The maximum absolute atomic E-state index is 13.9. The fraction of sp³-hybridized carbons (Fsp3) is 0.500. The van der Waals surface area contributed by atoms with Crippen LogP contribution in [0.3, 0.4) is 0 Å². The Morgan fingerprint density at radius 3 is 2.00 bits per heavy atom. The van der Waals surface area contributed by atoms with Gasteiger partial charge in [-0.1, -0.05) is 97.0 Å². The molecule has 0 radical (unpaired) electrons. The van der Waals surface area contributed by atoms with Crippen molar-refractivity contribution in [3.05, 3.63) is 77.4 Å². The molecule has 2 aromatic rings. The summed E-state index contributed by atoms with van der Waals surface area (Å²) in [7, 11) is 3.39. The molecule has 0 aliphatic carbocycles. The van der Waals surface area contributed by atoms with E-state index in [9.17, 15) is 19.5 Å². The van der Waals surface area contributed by atoms with Gasteiger partial charge in [0.05, 0.1) is 12.1 Å². The van der Waals surface area contributed by atoms with E-state index in [0.29, 0.717) is 6.61 Å². The lowest BCUT2D eigenvalue weighted by molar-refractivity contribution is -0.141. The van der Waals surface area contributed by atoms with E-state index in [1.165, 1.54) is 6.92 Å². The zero-order valence-electron chi connectivity index (χ0n) is 26.8. The van der Waals surface area contributed by atoms with Crippen molar-refractivity contribution in [2.24, 2.45) is 11.3 Å². The van der Waals surface area contributed by atoms with Crippen molar-refractivity contribution in [2.45, 2.75) is 85.5 Å². The summed E-state index contributed by atoms with van der Waals surface area (Å²) in [6, 6.07) is 15.7. The van der Waals surface area contributed by atoms with E-state index in [4.69, 9.17) is 4.74 Å². The Bertz CT molecular complexity index is 1230. The summed E-state index contributed by atoms with van der Waals surface area (Å²) in [5.41, 5.74) is 0.951. The quantitative estimate of drug-likeness (QED) is 0.283. The Kier molecular flexibility index (Phi) is 11.9. The Morgan fingerprint density at radius 1 is 0.952 bits per heavy atom. The highest BCUT2D eigenvalue weighted by atomic mass is 16.5. The third-order valence-corrected chi connectivity index (χ3v) is 7.75. The summed E-state index contributed by atoms with van der Waals surface area (Å²) in [4.78, 5) is 40.7. The topological polar surface area (TPSA) is 108 Å². The number of benzene rings is 2. The largest absolute Gasteiger partial charge is 0.489 e. The number of rotatable bonds is 13. The first-order valence-electron chi connectivity index (χ1n) is 14.4. The highest BCUT2D eigenvalue weighted by molar-refractivity contribution is 5.91. The van der Waals surface area contributed by atoms with Crippen molar-refractivity contribution < 1.29 is 24.2 Å². The number of nitrogens with one attached hydrogen (secondary N) is 2. The summed E-state index contributed by atoms with van der Waals surface area (Å²) in [6.07, 6.45) is 1.60. The van der Waals surface area contributed by atoms with Crippen LogP contribution in [-0.2, 0) is 26.4 Å². The molecule has 0 aliphatic rings. The fourth-order valence-corrected chi connectivity index (χ4v) is 5.01. The lowest BCUT2D eigenvalue weighted by Crippen LogP contribution is -2.61. The lowest BCUT2D eigenvalue weighted by Gasteiger charge is -2.40. The van der Waals surface area contributed by atoms with Crippen molar-refractivity contribution in [3.8, 4) is 5.75 Å². The molecule has 3 N–H and O–H groups in total. The number of carbonyl (C=O) groups is 3. The number of hydrogen-bond donors (Lipinski definition) is 3. The first kappa shape index (κ1) is 34.6. The van der Waals surface area contributed by atoms with Crippen LogP contribution >= 0.6 is 0 Å². The van der Waals surface area contributed by atoms with Gasteiger partial charge in [-0.05, 0) is 48.6 Å². The number of likely N-dealkylation sites (N-methyl/N-ethyl adjacent to an activating group) is 2. The van der Waals surface area contributed by atoms with Gasteiger partial charge < -0.3 is 25.4 Å². The molecule has 3 atom stereocenters. The van der Waals surface area contributed by atoms with Crippen LogP contribution in [-0.4, -0.2) is 60.0 Å². The van der Waals surface area contributed by atoms with Crippen LogP contribution in [0.1, 0.15) is 66.5 Å². The molecule has 8 nitrogen and oxygen atoms in total. The Balaban J connectivity index is 2.26. The molecule has 0 bridgehead atoms. The molecule has 2 amide bonds. The Morgan fingerprint density at radius 2 is 1.52 bits per heavy atom. The van der Waals surface area contributed by atoms with E-state index in [2.05, 4.69) is 10.6 Å². The molecule has 0 saturated carbocycles. The van der Waals surface area contributed by atoms with Gasteiger partial charge >= 0.3 is 5.97 Å². The minimum absolute atomic E-state index is 0.0341. The third kappa shape index (κ3) is 8.92. The second-order valence-electron chi connectivity index (χ2n) is 12.9. The molecule has 0 heterocycles. The van der Waals surface area contributed by atoms with Gasteiger partial charge in [0.2, 0.25) is 11.8 Å². The van der Waals surface area contributed by atoms with Crippen LogP contribution in [0.15, 0.2) is 66.2 Å². The van der Waals surface area contributed by atoms with Crippen molar-refractivity contribution in [1.29, 1.82) is 0 Å². The monoisotopic (exact) mass is 579 g/mol. The predicted molar refractivity (Wildman–Crippen MR) is 167 cm³/mol. The summed E-state index contributed by atoms with van der Waals surface area (Å²) < 4.78 is 5.93. The van der Waals surface area contributed by atoms with Crippen molar-refractivity contribution in [3.63, 3.8) is 0 Å². The van der Waals surface area contributed by atoms with E-state index in [0.717, 1.165) is 16.9 Å². The SMILES string of the molecule is CN[C@H](C(=O)NC(C(=O)N(C)[C@H](C=C(C)C(=O)O)C(C)C)C(C)(C)C)C(C)(C)c1ccc(OCc2ccccc2)cc1. The van der Waals surface area contributed by atoms with Crippen LogP contribution in [0.5, 0.6) is 5.75 Å². The van der Waals surface area contributed by atoms with E-state index >= 15 is 0 Å². The van der Waals surface area contributed by atoms with Gasteiger partial charge in [-0.2, -0.15) is 0 Å². The number of aliphatic carboxylic acids is 1. The number of carboxylic acid groups (broad SMARTS) is 1. The van der Waals surface area contributed by atoms with Crippen LogP contribution in [0.4, 0.5) is 0 Å². The molecule has 0 fully saturated rings. The second kappa shape index (κ2) is 14.5. The van der Waals surface area contributed by atoms with Gasteiger partial charge in [0.1, 0.15) is 18.4 Å². The normalized spacial score (nSPS) is 14.6. The zero-order valence-corrected chi connectivity index (χ0v) is 26.8. The van der Waals surface area contributed by atoms with E-state index in [1.807, 2.05) is 103 Å². The molecule has 2 aromatic carbocycles. The van der Waals surface area contributed by atoms with Gasteiger partial charge in [0, 0.05) is 18.0 Å². The van der Waals surface area contributed by atoms with Gasteiger partial charge in [-0.3, -0.25) is 9.59 Å². The first-order chi connectivity index (χ1) is 19.5. The smallest absolute Gasteiger partial charge is 0.331 e. The molecule has 0 aliphatic heterocycles. The predicted octanol–water partition coefficient (Wildman–Crippen LogP) is 5.18. The highest BCUT2D eigenvalue weighted by Gasteiger charge is 2.41. The molecular formula is C34H49N3O5. The molecule has 42 heavy (non-hydrogen) atoms. The van der Waals surface area contributed by atoms with E-state index < -0.39 is 34.9 Å². The molecule has 8 heteroatoms. The first-order valence-corrected chi connectivity index (χ1v) is 14.4. The number of carboxylic acids is 1. The van der Waals surface area contributed by atoms with Gasteiger partial charge in [0.15, 0.2) is 0 Å². The van der Waals surface area contributed by atoms with Gasteiger partial charge in [-0.15, -0.1) is 0 Å². The van der Waals surface area contributed by atoms with Gasteiger partial charge in [-0.25, -0.2) is 4.79 Å².